The van der Waals surface area contributed by atoms with E-state index in [4.69, 9.17) is 14.2 Å². The zero-order chi connectivity index (χ0) is 60.3. The summed E-state index contributed by atoms with van der Waals surface area (Å²) in [5.41, 5.74) is 0. The van der Waals surface area contributed by atoms with Crippen molar-refractivity contribution in [1.82, 2.24) is 5.32 Å². The fourth-order valence-electron chi connectivity index (χ4n) is 9.60. The number of allylic oxidation sites excluding steroid dienone is 19. The molecule has 6 N–H and O–H groups in total. The van der Waals surface area contributed by atoms with Crippen LogP contribution in [-0.2, 0) is 23.8 Å². The van der Waals surface area contributed by atoms with E-state index in [2.05, 4.69) is 135 Å². The first-order valence-electron chi connectivity index (χ1n) is 33.3. The zero-order valence-electron chi connectivity index (χ0n) is 52.5. The summed E-state index contributed by atoms with van der Waals surface area (Å²) in [6, 6.07) is -1.05. The van der Waals surface area contributed by atoms with Crippen molar-refractivity contribution in [3.8, 4) is 0 Å². The molecule has 0 radical (unpaired) electrons. The minimum absolute atomic E-state index is 0.102. The van der Waals surface area contributed by atoms with Gasteiger partial charge < -0.3 is 45.1 Å². The van der Waals surface area contributed by atoms with Gasteiger partial charge in [0.05, 0.1) is 25.4 Å². The highest BCUT2D eigenvalue weighted by molar-refractivity contribution is 5.80. The van der Waals surface area contributed by atoms with Crippen LogP contribution in [0.25, 0.3) is 0 Å². The largest absolute Gasteiger partial charge is 0.454 e. The van der Waals surface area contributed by atoms with Gasteiger partial charge in [-0.05, 0) is 116 Å². The van der Waals surface area contributed by atoms with Gasteiger partial charge in [-0.3, -0.25) is 9.59 Å². The summed E-state index contributed by atoms with van der Waals surface area (Å²) in [7, 11) is 0. The molecule has 0 spiro atoms. The van der Waals surface area contributed by atoms with Crippen LogP contribution in [0.4, 0.5) is 0 Å². The van der Waals surface area contributed by atoms with Crippen molar-refractivity contribution >= 4 is 11.9 Å². The predicted molar refractivity (Wildman–Crippen MR) is 347 cm³/mol. The average Bonchev–Trinajstić information content (AvgIpc) is 3.61. The molecule has 0 aromatic heterocycles. The Bertz CT molecular complexity index is 1810. The maximum Gasteiger partial charge on any atom is 0.306 e. The average molecular weight is 1160 g/mol. The first kappa shape index (κ1) is 77.1. The van der Waals surface area contributed by atoms with Crippen LogP contribution in [-0.4, -0.2) is 99.6 Å². The number of ether oxygens (including phenoxy) is 3. The fourth-order valence-corrected chi connectivity index (χ4v) is 9.60. The van der Waals surface area contributed by atoms with E-state index in [9.17, 15) is 35.1 Å². The summed E-state index contributed by atoms with van der Waals surface area (Å²) in [6.07, 6.45) is 70.8. The number of nitrogens with one attached hydrogen (secondary N) is 1. The Morgan fingerprint density at radius 1 is 0.482 bits per heavy atom. The number of rotatable bonds is 55. The molecule has 0 aliphatic carbocycles. The van der Waals surface area contributed by atoms with Gasteiger partial charge in [-0.2, -0.15) is 0 Å². The van der Waals surface area contributed by atoms with E-state index in [-0.39, 0.29) is 19.4 Å². The number of carbonyl (C=O) groups excluding carboxylic acids is 2. The number of hydrogen-bond donors (Lipinski definition) is 6. The molecule has 0 aromatic carbocycles. The third kappa shape index (κ3) is 46.0. The molecular formula is C72H121NO10. The van der Waals surface area contributed by atoms with Gasteiger partial charge in [0.2, 0.25) is 5.91 Å². The summed E-state index contributed by atoms with van der Waals surface area (Å²) >= 11 is 0. The van der Waals surface area contributed by atoms with Gasteiger partial charge >= 0.3 is 5.97 Å². The van der Waals surface area contributed by atoms with E-state index in [1.165, 1.54) is 64.2 Å². The van der Waals surface area contributed by atoms with Crippen molar-refractivity contribution in [1.29, 1.82) is 0 Å². The van der Waals surface area contributed by atoms with Crippen molar-refractivity contribution in [2.24, 2.45) is 0 Å². The maximum absolute atomic E-state index is 13.4. The SMILES string of the molecule is CC/C=C\C/C=C\C/C=C\C/C=C\C/C=C\CCCCCCC(O)C(=O)NC(COC1OC(CO)C(O)C(O)C1OC(=O)CCCCCCCCC/C=C\C/C=C\C/C=C\C/C=C\CCCCC)C(O)/C=C/CCCCCCCCCCC. The van der Waals surface area contributed by atoms with Crippen LogP contribution in [0.2, 0.25) is 0 Å². The van der Waals surface area contributed by atoms with E-state index >= 15 is 0 Å². The zero-order valence-corrected chi connectivity index (χ0v) is 52.5. The number of hydrogen-bond acceptors (Lipinski definition) is 10. The molecule has 83 heavy (non-hydrogen) atoms. The molecule has 1 amide bonds. The van der Waals surface area contributed by atoms with E-state index in [1.54, 1.807) is 6.08 Å². The molecule has 0 saturated carbocycles. The van der Waals surface area contributed by atoms with Gasteiger partial charge in [-0.1, -0.05) is 258 Å². The van der Waals surface area contributed by atoms with Gasteiger partial charge in [0.1, 0.15) is 24.4 Å². The molecule has 1 fully saturated rings. The van der Waals surface area contributed by atoms with Crippen molar-refractivity contribution in [2.45, 2.75) is 307 Å². The maximum atomic E-state index is 13.4. The molecule has 474 valence electrons. The monoisotopic (exact) mass is 1160 g/mol. The molecule has 8 atom stereocenters. The molecule has 0 aromatic rings. The second-order valence-corrected chi connectivity index (χ2v) is 22.5. The highest BCUT2D eigenvalue weighted by Crippen LogP contribution is 2.26. The lowest BCUT2D eigenvalue weighted by Crippen LogP contribution is -2.61. The summed E-state index contributed by atoms with van der Waals surface area (Å²) in [5, 5.41) is 57.1. The molecule has 1 aliphatic heterocycles. The second-order valence-electron chi connectivity index (χ2n) is 22.5. The van der Waals surface area contributed by atoms with Crippen LogP contribution in [0.5, 0.6) is 0 Å². The van der Waals surface area contributed by atoms with Crippen molar-refractivity contribution < 1.29 is 49.3 Å². The summed E-state index contributed by atoms with van der Waals surface area (Å²) < 4.78 is 17.6. The third-order valence-corrected chi connectivity index (χ3v) is 14.8. The van der Waals surface area contributed by atoms with Gasteiger partial charge in [0.15, 0.2) is 12.4 Å². The summed E-state index contributed by atoms with van der Waals surface area (Å²) in [5.74, 6) is -1.23. The number of aliphatic hydroxyl groups is 5. The normalized spacial score (nSPS) is 19.3. The molecule has 8 unspecified atom stereocenters. The van der Waals surface area contributed by atoms with Gasteiger partial charge in [-0.25, -0.2) is 0 Å². The highest BCUT2D eigenvalue weighted by atomic mass is 16.7. The van der Waals surface area contributed by atoms with E-state index in [0.29, 0.717) is 12.8 Å². The number of unbranched alkanes of at least 4 members (excludes halogenated alkanes) is 23. The molecule has 1 saturated heterocycles. The molecule has 11 heteroatoms. The smallest absolute Gasteiger partial charge is 0.306 e. The predicted octanol–water partition coefficient (Wildman–Crippen LogP) is 16.6. The molecule has 1 aliphatic rings. The van der Waals surface area contributed by atoms with Crippen LogP contribution >= 0.6 is 0 Å². The first-order valence-corrected chi connectivity index (χ1v) is 33.3. The Hall–Kier alpha value is -3.94. The van der Waals surface area contributed by atoms with Gasteiger partial charge in [-0.15, -0.1) is 0 Å². The minimum Gasteiger partial charge on any atom is -0.454 e. The molecule has 0 bridgehead atoms. The van der Waals surface area contributed by atoms with Crippen LogP contribution in [0, 0.1) is 0 Å². The lowest BCUT2D eigenvalue weighted by molar-refractivity contribution is -0.305. The quantitative estimate of drug-likeness (QED) is 0.0195. The Balaban J connectivity index is 2.64. The van der Waals surface area contributed by atoms with Crippen molar-refractivity contribution in [3.63, 3.8) is 0 Å². The fraction of sp³-hybridized carbons (Fsp3) is 0.694. The van der Waals surface area contributed by atoms with Crippen LogP contribution in [0.1, 0.15) is 258 Å². The van der Waals surface area contributed by atoms with Crippen molar-refractivity contribution in [3.05, 3.63) is 122 Å². The Labute approximate surface area is 506 Å². The second kappa shape index (κ2) is 58.4. The van der Waals surface area contributed by atoms with E-state index in [1.807, 2.05) is 6.08 Å². The molecule has 11 nitrogen and oxygen atoms in total. The molecule has 1 rings (SSSR count). The minimum atomic E-state index is -1.63. The lowest BCUT2D eigenvalue weighted by atomic mass is 9.99. The van der Waals surface area contributed by atoms with Crippen LogP contribution in [0.15, 0.2) is 122 Å². The third-order valence-electron chi connectivity index (χ3n) is 14.8. The number of aliphatic hydroxyl groups excluding tert-OH is 5. The first-order chi connectivity index (χ1) is 40.7. The molecule has 1 heterocycles. The van der Waals surface area contributed by atoms with Crippen LogP contribution < -0.4 is 5.32 Å². The van der Waals surface area contributed by atoms with Crippen molar-refractivity contribution in [2.75, 3.05) is 13.2 Å². The Morgan fingerprint density at radius 3 is 1.33 bits per heavy atom. The van der Waals surface area contributed by atoms with E-state index < -0.39 is 67.4 Å². The topological polar surface area (TPSA) is 175 Å². The Morgan fingerprint density at radius 2 is 0.867 bits per heavy atom. The summed E-state index contributed by atoms with van der Waals surface area (Å²) in [6.45, 7) is 5.62. The van der Waals surface area contributed by atoms with Crippen LogP contribution in [0.3, 0.4) is 0 Å². The lowest BCUT2D eigenvalue weighted by Gasteiger charge is -2.41. The Kier molecular flexibility index (Phi) is 54.3. The molecular weight excluding hydrogens is 1040 g/mol. The van der Waals surface area contributed by atoms with E-state index in [0.717, 1.165) is 148 Å². The highest BCUT2D eigenvalue weighted by Gasteiger charge is 2.47. The number of esters is 1. The standard InChI is InChI=1S/C72H121NO10/c1-4-7-10-13-16-19-22-24-26-28-30-32-33-34-36-38-40-42-45-48-51-54-57-60-67(77)83-70-69(79)68(78)66(61-74)82-72(70)81-62-63(64(75)58-55-52-49-46-43-21-18-15-12-9-6-3)73-71(80)65(76)59-56-53-50-47-44-41-39-37-35-31-29-27-25-23-20-17-14-11-8-5-2/h8,11,16-17,19-20,24-27,30-32,34-36,39,41,55,58,63-66,68-70,72,74-76,78-79H,4-7,9-10,12-15,18,21-23,28-29,33,37-38,40,42-54,56-57,59-62H2,1-3H3,(H,73,80)/b11-8-,19-16-,20-17-,26-24-,27-25-,32-30-,35-31-,36-34-,41-39-,58-55+. The van der Waals surface area contributed by atoms with Gasteiger partial charge in [0.25, 0.3) is 0 Å². The summed E-state index contributed by atoms with van der Waals surface area (Å²) in [4.78, 5) is 26.6. The van der Waals surface area contributed by atoms with Gasteiger partial charge in [0, 0.05) is 6.42 Å². The number of amides is 1. The number of carbonyl (C=O) groups is 2.